The Kier molecular flexibility index (Phi) is 4.08. The number of nitrogens with one attached hydrogen (secondary N) is 1. The molecule has 1 N–H and O–H groups in total. The summed E-state index contributed by atoms with van der Waals surface area (Å²) in [5, 5.41) is 12.5. The molecule has 1 saturated heterocycles. The molecule has 2 rings (SSSR count). The van der Waals surface area contributed by atoms with Gasteiger partial charge in [-0.05, 0) is 18.2 Å². The summed E-state index contributed by atoms with van der Waals surface area (Å²) in [5.74, 6) is 0.122. The molecule has 0 spiro atoms. The lowest BCUT2D eigenvalue weighted by Gasteiger charge is -2.16. The molecule has 1 aliphatic rings. The van der Waals surface area contributed by atoms with Gasteiger partial charge in [0.05, 0.1) is 16.6 Å². The maximum Gasteiger partial charge on any atom is 0.225 e. The Balaban J connectivity index is 2.03. The number of benzene rings is 1. The van der Waals surface area contributed by atoms with Gasteiger partial charge >= 0.3 is 0 Å². The van der Waals surface area contributed by atoms with E-state index in [1.807, 2.05) is 6.07 Å². The van der Waals surface area contributed by atoms with Crippen LogP contribution in [-0.4, -0.2) is 29.9 Å². The van der Waals surface area contributed by atoms with Crippen LogP contribution in [0.3, 0.4) is 0 Å². The standard InChI is InChI=1S/C14H14ClN3O/c1-2-5-18-9-12(7-14(18)19)17-11-4-3-10(8-16)13(15)6-11/h2-4,6,12,17H,1,5,7,9H2. The average Bonchev–Trinajstić information content (AvgIpc) is 2.70. The van der Waals surface area contributed by atoms with E-state index >= 15 is 0 Å². The number of hydrogen-bond acceptors (Lipinski definition) is 3. The van der Waals surface area contributed by atoms with E-state index < -0.39 is 0 Å². The second-order valence-electron chi connectivity index (χ2n) is 4.44. The van der Waals surface area contributed by atoms with Crippen molar-refractivity contribution in [2.45, 2.75) is 12.5 Å². The molecular weight excluding hydrogens is 262 g/mol. The van der Waals surface area contributed by atoms with Crippen molar-refractivity contribution in [3.8, 4) is 6.07 Å². The Morgan fingerprint density at radius 2 is 2.42 bits per heavy atom. The highest BCUT2D eigenvalue weighted by Crippen LogP contribution is 2.22. The Morgan fingerprint density at radius 3 is 3.05 bits per heavy atom. The smallest absolute Gasteiger partial charge is 0.225 e. The first kappa shape index (κ1) is 13.4. The van der Waals surface area contributed by atoms with Gasteiger partial charge in [0.2, 0.25) is 5.91 Å². The number of nitrogens with zero attached hydrogens (tertiary/aromatic N) is 2. The van der Waals surface area contributed by atoms with Crippen LogP contribution in [0.4, 0.5) is 5.69 Å². The number of carbonyl (C=O) groups is 1. The molecule has 1 aromatic rings. The van der Waals surface area contributed by atoms with Crippen LogP contribution in [0, 0.1) is 11.3 Å². The van der Waals surface area contributed by atoms with Crippen LogP contribution in [0.5, 0.6) is 0 Å². The van der Waals surface area contributed by atoms with E-state index in [9.17, 15) is 4.79 Å². The maximum absolute atomic E-state index is 11.7. The molecule has 1 fully saturated rings. The first-order chi connectivity index (χ1) is 9.13. The quantitative estimate of drug-likeness (QED) is 0.859. The predicted octanol–water partition coefficient (Wildman–Crippen LogP) is 2.41. The summed E-state index contributed by atoms with van der Waals surface area (Å²) >= 11 is 5.97. The first-order valence-corrected chi connectivity index (χ1v) is 6.36. The number of hydrogen-bond donors (Lipinski definition) is 1. The van der Waals surface area contributed by atoms with E-state index in [0.29, 0.717) is 30.1 Å². The van der Waals surface area contributed by atoms with Crippen LogP contribution < -0.4 is 5.32 Å². The van der Waals surface area contributed by atoms with Gasteiger partial charge in [0.15, 0.2) is 0 Å². The lowest BCUT2D eigenvalue weighted by molar-refractivity contribution is -0.127. The number of likely N-dealkylation sites (tertiary alicyclic amines) is 1. The Labute approximate surface area is 117 Å². The normalized spacial score (nSPS) is 18.2. The number of carbonyl (C=O) groups excluding carboxylic acids is 1. The van der Waals surface area contributed by atoms with Crippen molar-refractivity contribution in [1.29, 1.82) is 5.26 Å². The summed E-state index contributed by atoms with van der Waals surface area (Å²) in [4.78, 5) is 13.5. The number of rotatable bonds is 4. The van der Waals surface area contributed by atoms with E-state index in [2.05, 4.69) is 11.9 Å². The van der Waals surface area contributed by atoms with Crippen LogP contribution in [-0.2, 0) is 4.79 Å². The van der Waals surface area contributed by atoms with Crippen LogP contribution in [0.1, 0.15) is 12.0 Å². The maximum atomic E-state index is 11.7. The van der Waals surface area contributed by atoms with E-state index in [1.54, 1.807) is 29.2 Å². The second kappa shape index (κ2) is 5.77. The number of anilines is 1. The lowest BCUT2D eigenvalue weighted by atomic mass is 10.2. The molecule has 98 valence electrons. The summed E-state index contributed by atoms with van der Waals surface area (Å²) in [7, 11) is 0. The molecule has 1 unspecified atom stereocenters. The largest absolute Gasteiger partial charge is 0.380 e. The Bertz CT molecular complexity index is 550. The highest BCUT2D eigenvalue weighted by atomic mass is 35.5. The van der Waals surface area contributed by atoms with Crippen molar-refractivity contribution in [2.75, 3.05) is 18.4 Å². The van der Waals surface area contributed by atoms with Crippen molar-refractivity contribution in [3.63, 3.8) is 0 Å². The average molecular weight is 276 g/mol. The highest BCUT2D eigenvalue weighted by molar-refractivity contribution is 6.32. The third-order valence-corrected chi connectivity index (χ3v) is 3.34. The molecule has 0 bridgehead atoms. The number of halogens is 1. The summed E-state index contributed by atoms with van der Waals surface area (Å²) in [6.45, 7) is 4.87. The van der Waals surface area contributed by atoms with Crippen LogP contribution in [0.2, 0.25) is 5.02 Å². The third kappa shape index (κ3) is 3.07. The fourth-order valence-electron chi connectivity index (χ4n) is 2.13. The minimum Gasteiger partial charge on any atom is -0.380 e. The Hall–Kier alpha value is -1.99. The van der Waals surface area contributed by atoms with Crippen molar-refractivity contribution in [3.05, 3.63) is 41.4 Å². The molecule has 1 aromatic carbocycles. The molecule has 0 aromatic heterocycles. The van der Waals surface area contributed by atoms with Gasteiger partial charge in [0.25, 0.3) is 0 Å². The zero-order valence-corrected chi connectivity index (χ0v) is 11.2. The third-order valence-electron chi connectivity index (χ3n) is 3.02. The monoisotopic (exact) mass is 275 g/mol. The summed E-state index contributed by atoms with van der Waals surface area (Å²) in [5.41, 5.74) is 1.27. The minimum absolute atomic E-state index is 0.0662. The molecule has 1 aliphatic heterocycles. The molecule has 19 heavy (non-hydrogen) atoms. The SMILES string of the molecule is C=CCN1CC(Nc2ccc(C#N)c(Cl)c2)CC1=O. The van der Waals surface area contributed by atoms with E-state index in [-0.39, 0.29) is 11.9 Å². The molecular formula is C14H14ClN3O. The molecule has 1 heterocycles. The zero-order chi connectivity index (χ0) is 13.8. The van der Waals surface area contributed by atoms with Gasteiger partial charge in [-0.15, -0.1) is 6.58 Å². The Morgan fingerprint density at radius 1 is 1.63 bits per heavy atom. The van der Waals surface area contributed by atoms with Crippen LogP contribution >= 0.6 is 11.6 Å². The number of amides is 1. The van der Waals surface area contributed by atoms with Gasteiger partial charge in [-0.25, -0.2) is 0 Å². The molecule has 5 heteroatoms. The van der Waals surface area contributed by atoms with Crippen LogP contribution in [0.15, 0.2) is 30.9 Å². The van der Waals surface area contributed by atoms with E-state index in [4.69, 9.17) is 16.9 Å². The van der Waals surface area contributed by atoms with Crippen molar-refractivity contribution in [2.24, 2.45) is 0 Å². The van der Waals surface area contributed by atoms with Gasteiger partial charge in [0.1, 0.15) is 6.07 Å². The molecule has 0 aliphatic carbocycles. The number of nitriles is 1. The minimum atomic E-state index is 0.0662. The topological polar surface area (TPSA) is 56.1 Å². The summed E-state index contributed by atoms with van der Waals surface area (Å²) in [6, 6.07) is 7.26. The first-order valence-electron chi connectivity index (χ1n) is 5.99. The lowest BCUT2D eigenvalue weighted by Crippen LogP contribution is -2.27. The fraction of sp³-hybridized carbons (Fsp3) is 0.286. The molecule has 1 atom stereocenters. The molecule has 1 amide bonds. The van der Waals surface area contributed by atoms with Gasteiger partial charge in [-0.1, -0.05) is 17.7 Å². The van der Waals surface area contributed by atoms with Gasteiger partial charge < -0.3 is 10.2 Å². The fourth-order valence-corrected chi connectivity index (χ4v) is 2.36. The van der Waals surface area contributed by atoms with E-state index in [0.717, 1.165) is 5.69 Å². The summed E-state index contributed by atoms with van der Waals surface area (Å²) < 4.78 is 0. The second-order valence-corrected chi connectivity index (χ2v) is 4.85. The van der Waals surface area contributed by atoms with Crippen LogP contribution in [0.25, 0.3) is 0 Å². The molecule has 0 saturated carbocycles. The molecule has 0 radical (unpaired) electrons. The highest BCUT2D eigenvalue weighted by Gasteiger charge is 2.28. The predicted molar refractivity (Wildman–Crippen MR) is 75.0 cm³/mol. The van der Waals surface area contributed by atoms with Crippen molar-refractivity contribution >= 4 is 23.2 Å². The molecule has 4 nitrogen and oxygen atoms in total. The van der Waals surface area contributed by atoms with Crippen molar-refractivity contribution in [1.82, 2.24) is 4.90 Å². The van der Waals surface area contributed by atoms with Crippen molar-refractivity contribution < 1.29 is 4.79 Å². The summed E-state index contributed by atoms with van der Waals surface area (Å²) in [6.07, 6.45) is 2.18. The van der Waals surface area contributed by atoms with Gasteiger partial charge in [0, 0.05) is 25.2 Å². The zero-order valence-electron chi connectivity index (χ0n) is 10.4. The van der Waals surface area contributed by atoms with E-state index in [1.165, 1.54) is 0 Å². The van der Waals surface area contributed by atoms with Gasteiger partial charge in [-0.3, -0.25) is 4.79 Å². The van der Waals surface area contributed by atoms with Gasteiger partial charge in [-0.2, -0.15) is 5.26 Å².